The zero-order valence-electron chi connectivity index (χ0n) is 39.6. The topological polar surface area (TPSA) is 239 Å². The standard InChI is InChI=1S/C47H75N3O14/c1-24-21-45(7,57)42(64-44-38(53)33(50(10)11)19-25(2)60-44)27(4)39(63-36-22-46(8,59-12)41(55)29(6)61-36)28(5)43(56)62-34(47(9,58)40(54)26(3)37(24)52)17-18-48-35(51)20-30-23-49-32-16-14-13-15-31(30)32/h13-16,23-29,33-34,36,38-42,44,49,53-55,57-58H,17-22H2,1-12H3,(H,48,51)/t24-,25-,26+,27+,28-,29+,33+,34-,36+,38-,39?,40-,41+,42-,44+,45-,46-,47-/m1/s1. The molecule has 3 aliphatic heterocycles. The number of benzene rings is 1. The van der Waals surface area contributed by atoms with Gasteiger partial charge in [0.05, 0.1) is 54.1 Å². The van der Waals surface area contributed by atoms with Crippen LogP contribution in [0, 0.1) is 23.7 Å². The number of esters is 1. The maximum absolute atomic E-state index is 14.7. The molecule has 362 valence electrons. The van der Waals surface area contributed by atoms with Crippen LogP contribution in [0.5, 0.6) is 0 Å². The van der Waals surface area contributed by atoms with Crippen LogP contribution in [0.25, 0.3) is 10.9 Å². The lowest BCUT2D eigenvalue weighted by molar-refractivity contribution is -0.318. The maximum atomic E-state index is 14.7. The van der Waals surface area contributed by atoms with Crippen molar-refractivity contribution < 1.29 is 68.3 Å². The first-order chi connectivity index (χ1) is 29.8. The fraction of sp³-hybridized carbons (Fsp3) is 0.766. The molecule has 18 atom stereocenters. The molecule has 4 heterocycles. The highest BCUT2D eigenvalue weighted by Crippen LogP contribution is 2.41. The van der Waals surface area contributed by atoms with Crippen LogP contribution in [0.2, 0.25) is 0 Å². The Kier molecular flexibility index (Phi) is 16.9. The van der Waals surface area contributed by atoms with E-state index in [0.717, 1.165) is 16.5 Å². The fourth-order valence-corrected chi connectivity index (χ4v) is 10.1. The molecule has 5 rings (SSSR count). The molecule has 17 nitrogen and oxygen atoms in total. The largest absolute Gasteiger partial charge is 0.459 e. The molecule has 17 heteroatoms. The molecule has 7 N–H and O–H groups in total. The summed E-state index contributed by atoms with van der Waals surface area (Å²) in [4.78, 5) is 47.1. The number of ketones is 1. The summed E-state index contributed by atoms with van der Waals surface area (Å²) in [6.45, 7) is 14.3. The number of aromatic amines is 1. The van der Waals surface area contributed by atoms with Gasteiger partial charge in [-0.3, -0.25) is 14.4 Å². The number of aliphatic hydroxyl groups excluding tert-OH is 3. The number of ether oxygens (including phenoxy) is 6. The number of hydrogen-bond donors (Lipinski definition) is 7. The summed E-state index contributed by atoms with van der Waals surface area (Å²) < 4.78 is 37.7. The Morgan fingerprint density at radius 3 is 2.27 bits per heavy atom. The lowest BCUT2D eigenvalue weighted by Crippen LogP contribution is -2.61. The second-order valence-electron chi connectivity index (χ2n) is 19.7. The van der Waals surface area contributed by atoms with Crippen LogP contribution in [0.1, 0.15) is 93.6 Å². The van der Waals surface area contributed by atoms with Crippen molar-refractivity contribution in [3.05, 3.63) is 36.0 Å². The molecule has 0 bridgehead atoms. The Morgan fingerprint density at radius 2 is 1.61 bits per heavy atom. The van der Waals surface area contributed by atoms with E-state index < -0.39 is 108 Å². The van der Waals surface area contributed by atoms with Gasteiger partial charge in [0.1, 0.15) is 29.7 Å². The summed E-state index contributed by atoms with van der Waals surface area (Å²) >= 11 is 0. The molecule has 1 aromatic heterocycles. The number of likely N-dealkylation sites (N-methyl/N-ethyl adjacent to an activating group) is 1. The predicted octanol–water partition coefficient (Wildman–Crippen LogP) is 2.61. The molecule has 3 saturated heterocycles. The summed E-state index contributed by atoms with van der Waals surface area (Å²) in [7, 11) is 5.14. The number of carbonyl (C=O) groups is 3. The van der Waals surface area contributed by atoms with Gasteiger partial charge >= 0.3 is 5.97 Å². The van der Waals surface area contributed by atoms with Crippen LogP contribution in [-0.2, 0) is 49.2 Å². The zero-order valence-corrected chi connectivity index (χ0v) is 39.6. The first-order valence-electron chi connectivity index (χ1n) is 22.7. The number of hydrogen-bond acceptors (Lipinski definition) is 15. The molecular weight excluding hydrogens is 831 g/mol. The van der Waals surface area contributed by atoms with Gasteiger partial charge in [-0.2, -0.15) is 0 Å². The van der Waals surface area contributed by atoms with E-state index in [9.17, 15) is 39.9 Å². The normalized spacial score (nSPS) is 42.0. The summed E-state index contributed by atoms with van der Waals surface area (Å²) in [6, 6.07) is 7.22. The average Bonchev–Trinajstić information content (AvgIpc) is 3.64. The first kappa shape index (κ1) is 51.9. The average molecular weight is 906 g/mol. The molecule has 0 spiro atoms. The second-order valence-corrected chi connectivity index (χ2v) is 19.7. The molecule has 0 radical (unpaired) electrons. The highest BCUT2D eigenvalue weighted by molar-refractivity contribution is 5.88. The number of rotatable bonds is 11. The number of fused-ring (bicyclic) bond motifs is 1. The van der Waals surface area contributed by atoms with E-state index in [2.05, 4.69) is 10.3 Å². The van der Waals surface area contributed by atoms with Gasteiger partial charge in [-0.1, -0.05) is 39.0 Å². The Hall–Kier alpha value is -3.07. The van der Waals surface area contributed by atoms with Crippen LogP contribution in [0.4, 0.5) is 0 Å². The quantitative estimate of drug-likeness (QED) is 0.161. The lowest BCUT2D eigenvalue weighted by atomic mass is 9.74. The van der Waals surface area contributed by atoms with Gasteiger partial charge < -0.3 is 69.2 Å². The number of aliphatic hydroxyl groups is 5. The number of methoxy groups -OCH3 is 1. The number of H-pyrrole nitrogens is 1. The van der Waals surface area contributed by atoms with Crippen LogP contribution in [0.3, 0.4) is 0 Å². The van der Waals surface area contributed by atoms with Gasteiger partial charge in [0.25, 0.3) is 0 Å². The second kappa shape index (κ2) is 20.8. The predicted molar refractivity (Wildman–Crippen MR) is 236 cm³/mol. The van der Waals surface area contributed by atoms with Crippen molar-refractivity contribution in [2.45, 2.75) is 179 Å². The Balaban J connectivity index is 1.52. The summed E-state index contributed by atoms with van der Waals surface area (Å²) in [6.07, 6.45) is -9.22. The molecule has 2 aromatic rings. The molecular formula is C47H75N3O14. The van der Waals surface area contributed by atoms with E-state index in [1.165, 1.54) is 27.9 Å². The number of nitrogens with one attached hydrogen (secondary N) is 2. The number of aromatic nitrogens is 1. The van der Waals surface area contributed by atoms with E-state index in [1.807, 2.05) is 50.2 Å². The van der Waals surface area contributed by atoms with Crippen molar-refractivity contribution in [2.24, 2.45) is 23.7 Å². The van der Waals surface area contributed by atoms with Crippen molar-refractivity contribution in [1.82, 2.24) is 15.2 Å². The molecule has 1 unspecified atom stereocenters. The number of nitrogens with zero attached hydrogens (tertiary/aromatic N) is 1. The van der Waals surface area contributed by atoms with Gasteiger partial charge in [-0.25, -0.2) is 0 Å². The Bertz CT molecular complexity index is 1890. The van der Waals surface area contributed by atoms with Crippen molar-refractivity contribution in [3.63, 3.8) is 0 Å². The van der Waals surface area contributed by atoms with Gasteiger partial charge in [-0.05, 0) is 80.1 Å². The van der Waals surface area contributed by atoms with Crippen LogP contribution < -0.4 is 5.32 Å². The third kappa shape index (κ3) is 11.4. The van der Waals surface area contributed by atoms with E-state index >= 15 is 0 Å². The molecule has 0 aliphatic carbocycles. The fourth-order valence-electron chi connectivity index (χ4n) is 10.1. The first-order valence-corrected chi connectivity index (χ1v) is 22.7. The summed E-state index contributed by atoms with van der Waals surface area (Å²) in [5.41, 5.74) is -3.52. The smallest absolute Gasteiger partial charge is 0.311 e. The minimum atomic E-state index is -2.21. The number of carbonyl (C=O) groups excluding carboxylic acids is 3. The van der Waals surface area contributed by atoms with Crippen LogP contribution in [-0.4, -0.2) is 165 Å². The molecule has 64 heavy (non-hydrogen) atoms. The third-order valence-corrected chi connectivity index (χ3v) is 14.2. The van der Waals surface area contributed by atoms with Gasteiger partial charge in [0.15, 0.2) is 12.6 Å². The molecule has 1 amide bonds. The van der Waals surface area contributed by atoms with Gasteiger partial charge in [0, 0.05) is 67.4 Å². The molecule has 0 saturated carbocycles. The Labute approximate surface area is 377 Å². The summed E-state index contributed by atoms with van der Waals surface area (Å²) in [5, 5.41) is 62.9. The Morgan fingerprint density at radius 1 is 0.938 bits per heavy atom. The number of Topliss-reactive ketones (excluding diaryl/α,β-unsaturated/α-hetero) is 1. The highest BCUT2D eigenvalue weighted by Gasteiger charge is 2.53. The van der Waals surface area contributed by atoms with Crippen LogP contribution >= 0.6 is 0 Å². The minimum absolute atomic E-state index is 0.0413. The number of amides is 1. The molecule has 1 aromatic carbocycles. The maximum Gasteiger partial charge on any atom is 0.311 e. The SMILES string of the molecule is CO[C@]1(C)C[C@H](OC2[C@@H](C)C(=O)O[C@H](CCNC(=O)Cc3c[nH]c4ccccc34)[C@@](C)(O)[C@H](O)[C@@H](C)C(=O)[C@H](C)C[C@@](C)(O)[C@H](O[C@@H]3O[C@H](C)C[C@H](N(C)C)[C@H]3O)[C@H]2C)O[C@@H](C)[C@@H]1O. The van der Waals surface area contributed by atoms with Crippen molar-refractivity contribution in [3.8, 4) is 0 Å². The van der Waals surface area contributed by atoms with E-state index in [-0.39, 0.29) is 50.3 Å². The number of cyclic esters (lactones) is 1. The zero-order chi connectivity index (χ0) is 47.6. The monoisotopic (exact) mass is 906 g/mol. The summed E-state index contributed by atoms with van der Waals surface area (Å²) in [5.74, 6) is -5.89. The van der Waals surface area contributed by atoms with Gasteiger partial charge in [-0.15, -0.1) is 0 Å². The van der Waals surface area contributed by atoms with Crippen molar-refractivity contribution >= 4 is 28.6 Å². The molecule has 3 aliphatic rings. The van der Waals surface area contributed by atoms with Gasteiger partial charge in [0.2, 0.25) is 5.91 Å². The van der Waals surface area contributed by atoms with E-state index in [1.54, 1.807) is 40.8 Å². The number of para-hydroxylation sites is 1. The van der Waals surface area contributed by atoms with Crippen LogP contribution in [0.15, 0.2) is 30.5 Å². The lowest BCUT2D eigenvalue weighted by Gasteiger charge is -2.49. The van der Waals surface area contributed by atoms with E-state index in [0.29, 0.717) is 6.42 Å². The van der Waals surface area contributed by atoms with Crippen molar-refractivity contribution in [1.29, 1.82) is 0 Å². The highest BCUT2D eigenvalue weighted by atomic mass is 16.7. The van der Waals surface area contributed by atoms with Crippen molar-refractivity contribution in [2.75, 3.05) is 27.7 Å². The van der Waals surface area contributed by atoms with E-state index in [4.69, 9.17) is 28.4 Å². The third-order valence-electron chi connectivity index (χ3n) is 14.2. The minimum Gasteiger partial charge on any atom is -0.459 e. The molecule has 3 fully saturated rings.